The van der Waals surface area contributed by atoms with Crippen LogP contribution in [0.15, 0.2) is 52.9 Å². The number of carbonyl (C=O) groups is 1. The molecule has 1 heterocycles. The summed E-state index contributed by atoms with van der Waals surface area (Å²) in [5.74, 6) is 0.473. The third kappa shape index (κ3) is 4.90. The highest BCUT2D eigenvalue weighted by atomic mass is 32.2. The molecule has 0 atom stereocenters. The van der Waals surface area contributed by atoms with Gasteiger partial charge in [-0.3, -0.25) is 4.79 Å². The van der Waals surface area contributed by atoms with Crippen LogP contribution in [0.5, 0.6) is 0 Å². The molecule has 1 aromatic heterocycles. The number of Topliss-reactive ketones (excluding diaryl/α,β-unsaturated/α-hetero) is 1. The first-order chi connectivity index (χ1) is 12.1. The average Bonchev–Trinajstić information content (AvgIpc) is 3.09. The quantitative estimate of drug-likeness (QED) is 0.462. The van der Waals surface area contributed by atoms with Crippen LogP contribution in [0.1, 0.15) is 28.4 Å². The van der Waals surface area contributed by atoms with Crippen molar-refractivity contribution in [2.45, 2.75) is 24.6 Å². The number of nitrogens with one attached hydrogen (secondary N) is 1. The molecule has 0 radical (unpaired) electrons. The fraction of sp³-hybridized carbons (Fsp3) is 0.211. The minimum absolute atomic E-state index is 0.107. The number of aromatic nitrogens is 2. The lowest BCUT2D eigenvalue weighted by molar-refractivity contribution is 0.102. The van der Waals surface area contributed by atoms with Gasteiger partial charge in [0.05, 0.1) is 5.75 Å². The Balaban J connectivity index is 1.55. The summed E-state index contributed by atoms with van der Waals surface area (Å²) in [6, 6.07) is 15.9. The standard InChI is InChI=1S/C19H19N3OS2/c1-3-14-6-8-15(9-7-14)17(23)12-24-19-22-21-18(25-19)20-16-10-4-13(2)5-11-16/h4-11H,3,12H2,1-2H3,(H,20,21). The van der Waals surface area contributed by atoms with Crippen LogP contribution in [-0.4, -0.2) is 21.7 Å². The molecule has 0 amide bonds. The van der Waals surface area contributed by atoms with Crippen LogP contribution in [0.3, 0.4) is 0 Å². The van der Waals surface area contributed by atoms with E-state index in [1.807, 2.05) is 48.5 Å². The van der Waals surface area contributed by atoms with Gasteiger partial charge in [-0.15, -0.1) is 10.2 Å². The van der Waals surface area contributed by atoms with E-state index < -0.39 is 0 Å². The second-order valence-electron chi connectivity index (χ2n) is 5.63. The third-order valence-electron chi connectivity index (χ3n) is 3.72. The summed E-state index contributed by atoms with van der Waals surface area (Å²) in [5, 5.41) is 12.2. The summed E-state index contributed by atoms with van der Waals surface area (Å²) >= 11 is 2.88. The Morgan fingerprint density at radius 3 is 2.48 bits per heavy atom. The number of anilines is 2. The summed E-state index contributed by atoms with van der Waals surface area (Å²) in [6.45, 7) is 4.15. The van der Waals surface area contributed by atoms with Gasteiger partial charge >= 0.3 is 0 Å². The van der Waals surface area contributed by atoms with E-state index >= 15 is 0 Å². The van der Waals surface area contributed by atoms with Gasteiger partial charge in [0.25, 0.3) is 0 Å². The Hall–Kier alpha value is -2.18. The van der Waals surface area contributed by atoms with Crippen LogP contribution < -0.4 is 5.32 Å². The van der Waals surface area contributed by atoms with Crippen LogP contribution in [0.25, 0.3) is 0 Å². The zero-order valence-corrected chi connectivity index (χ0v) is 15.8. The SMILES string of the molecule is CCc1ccc(C(=O)CSc2nnc(Nc3ccc(C)cc3)s2)cc1. The molecule has 3 rings (SSSR count). The number of aryl methyl sites for hydroxylation is 2. The van der Waals surface area contributed by atoms with E-state index in [0.717, 1.165) is 27.1 Å². The van der Waals surface area contributed by atoms with Gasteiger partial charge in [0, 0.05) is 11.3 Å². The van der Waals surface area contributed by atoms with Crippen molar-refractivity contribution < 1.29 is 4.79 Å². The summed E-state index contributed by atoms with van der Waals surface area (Å²) < 4.78 is 0.785. The molecular formula is C19H19N3OS2. The molecule has 0 aliphatic rings. The van der Waals surface area contributed by atoms with Gasteiger partial charge in [-0.1, -0.05) is 72.0 Å². The molecule has 25 heavy (non-hydrogen) atoms. The highest BCUT2D eigenvalue weighted by molar-refractivity contribution is 8.01. The lowest BCUT2D eigenvalue weighted by atomic mass is 10.1. The fourth-order valence-corrected chi connectivity index (χ4v) is 3.88. The predicted octanol–water partition coefficient (Wildman–Crippen LogP) is 5.13. The Bertz CT molecular complexity index is 842. The Labute approximate surface area is 155 Å². The summed E-state index contributed by atoms with van der Waals surface area (Å²) in [5.41, 5.74) is 4.17. The van der Waals surface area contributed by atoms with Crippen molar-refractivity contribution in [2.24, 2.45) is 0 Å². The van der Waals surface area contributed by atoms with Gasteiger partial charge < -0.3 is 5.32 Å². The molecule has 0 aliphatic heterocycles. The van der Waals surface area contributed by atoms with Crippen LogP contribution in [-0.2, 0) is 6.42 Å². The van der Waals surface area contributed by atoms with Crippen molar-refractivity contribution in [3.8, 4) is 0 Å². The van der Waals surface area contributed by atoms with E-state index in [-0.39, 0.29) is 5.78 Å². The Kier molecular flexibility index (Phi) is 5.83. The van der Waals surface area contributed by atoms with Crippen molar-refractivity contribution >= 4 is 39.7 Å². The maximum absolute atomic E-state index is 12.3. The molecule has 0 spiro atoms. The number of thioether (sulfide) groups is 1. The van der Waals surface area contributed by atoms with Crippen LogP contribution in [0, 0.1) is 6.92 Å². The van der Waals surface area contributed by atoms with Gasteiger partial charge in [-0.05, 0) is 31.0 Å². The maximum Gasteiger partial charge on any atom is 0.210 e. The number of nitrogens with zero attached hydrogens (tertiary/aromatic N) is 2. The van der Waals surface area contributed by atoms with Gasteiger partial charge in [0.15, 0.2) is 10.1 Å². The minimum Gasteiger partial charge on any atom is -0.330 e. The molecule has 2 aromatic carbocycles. The minimum atomic E-state index is 0.107. The monoisotopic (exact) mass is 369 g/mol. The van der Waals surface area contributed by atoms with E-state index in [1.54, 1.807) is 0 Å². The van der Waals surface area contributed by atoms with E-state index in [4.69, 9.17) is 0 Å². The van der Waals surface area contributed by atoms with Crippen LogP contribution in [0.2, 0.25) is 0 Å². The van der Waals surface area contributed by atoms with Gasteiger partial charge in [0.2, 0.25) is 5.13 Å². The topological polar surface area (TPSA) is 54.9 Å². The van der Waals surface area contributed by atoms with E-state index in [0.29, 0.717) is 5.75 Å². The zero-order valence-electron chi connectivity index (χ0n) is 14.2. The van der Waals surface area contributed by atoms with Crippen molar-refractivity contribution in [1.29, 1.82) is 0 Å². The predicted molar refractivity (Wildman–Crippen MR) is 105 cm³/mol. The molecule has 128 valence electrons. The number of rotatable bonds is 7. The second-order valence-corrected chi connectivity index (χ2v) is 7.83. The molecule has 0 saturated heterocycles. The van der Waals surface area contributed by atoms with Gasteiger partial charge in [0.1, 0.15) is 0 Å². The number of hydrogen-bond donors (Lipinski definition) is 1. The van der Waals surface area contributed by atoms with Crippen molar-refractivity contribution in [1.82, 2.24) is 10.2 Å². The first-order valence-electron chi connectivity index (χ1n) is 8.06. The first kappa shape index (κ1) is 17.6. The van der Waals surface area contributed by atoms with E-state index in [2.05, 4.69) is 29.4 Å². The maximum atomic E-state index is 12.3. The molecule has 0 fully saturated rings. The molecular weight excluding hydrogens is 350 g/mol. The smallest absolute Gasteiger partial charge is 0.210 e. The molecule has 4 nitrogen and oxygen atoms in total. The normalized spacial score (nSPS) is 10.6. The number of carbonyl (C=O) groups excluding carboxylic acids is 1. The number of benzene rings is 2. The first-order valence-corrected chi connectivity index (χ1v) is 9.86. The van der Waals surface area contributed by atoms with Crippen molar-refractivity contribution in [3.63, 3.8) is 0 Å². The average molecular weight is 370 g/mol. The van der Waals surface area contributed by atoms with Crippen LogP contribution >= 0.6 is 23.1 Å². The second kappa shape index (κ2) is 8.27. The molecule has 0 unspecified atom stereocenters. The summed E-state index contributed by atoms with van der Waals surface area (Å²) in [7, 11) is 0. The van der Waals surface area contributed by atoms with Crippen LogP contribution in [0.4, 0.5) is 10.8 Å². The highest BCUT2D eigenvalue weighted by Gasteiger charge is 2.10. The molecule has 6 heteroatoms. The zero-order chi connectivity index (χ0) is 17.6. The summed E-state index contributed by atoms with van der Waals surface area (Å²) in [6.07, 6.45) is 0.977. The number of ketones is 1. The largest absolute Gasteiger partial charge is 0.330 e. The van der Waals surface area contributed by atoms with E-state index in [9.17, 15) is 4.79 Å². The van der Waals surface area contributed by atoms with E-state index in [1.165, 1.54) is 34.2 Å². The molecule has 0 saturated carbocycles. The molecule has 0 bridgehead atoms. The van der Waals surface area contributed by atoms with Crippen molar-refractivity contribution in [2.75, 3.05) is 11.1 Å². The van der Waals surface area contributed by atoms with Gasteiger partial charge in [-0.2, -0.15) is 0 Å². The lowest BCUT2D eigenvalue weighted by Crippen LogP contribution is -2.02. The molecule has 0 aliphatic carbocycles. The van der Waals surface area contributed by atoms with Gasteiger partial charge in [-0.25, -0.2) is 0 Å². The summed E-state index contributed by atoms with van der Waals surface area (Å²) in [4.78, 5) is 12.3. The molecule has 1 N–H and O–H groups in total. The third-order valence-corrected chi connectivity index (χ3v) is 5.69. The fourth-order valence-electron chi connectivity index (χ4n) is 2.22. The Morgan fingerprint density at radius 2 is 1.80 bits per heavy atom. The lowest BCUT2D eigenvalue weighted by Gasteiger charge is -2.01. The molecule has 3 aromatic rings. The Morgan fingerprint density at radius 1 is 1.08 bits per heavy atom. The highest BCUT2D eigenvalue weighted by Crippen LogP contribution is 2.28. The number of hydrogen-bond acceptors (Lipinski definition) is 6. The van der Waals surface area contributed by atoms with Crippen molar-refractivity contribution in [3.05, 3.63) is 65.2 Å².